The van der Waals surface area contributed by atoms with Crippen LogP contribution in [0.25, 0.3) is 0 Å². The number of carbonyl (C=O) groups excluding carboxylic acids is 2. The summed E-state index contributed by atoms with van der Waals surface area (Å²) in [7, 11) is 0. The van der Waals surface area contributed by atoms with Crippen LogP contribution in [0.15, 0.2) is 25.3 Å². The van der Waals surface area contributed by atoms with E-state index in [0.717, 1.165) is 12.5 Å². The van der Waals surface area contributed by atoms with E-state index in [1.54, 1.807) is 5.48 Å². The van der Waals surface area contributed by atoms with Crippen molar-refractivity contribution in [3.63, 3.8) is 0 Å². The summed E-state index contributed by atoms with van der Waals surface area (Å²) in [6, 6.07) is -0.926. The van der Waals surface area contributed by atoms with Gasteiger partial charge >= 0.3 is 12.0 Å². The van der Waals surface area contributed by atoms with Crippen molar-refractivity contribution in [3.8, 4) is 0 Å². The maximum absolute atomic E-state index is 10.1. The van der Waals surface area contributed by atoms with E-state index in [-0.39, 0.29) is 0 Å². The summed E-state index contributed by atoms with van der Waals surface area (Å²) in [5.74, 6) is -0.756. The molecule has 0 heterocycles. The van der Waals surface area contributed by atoms with E-state index in [1.807, 2.05) is 6.08 Å². The van der Waals surface area contributed by atoms with E-state index < -0.39 is 12.0 Å². The average molecular weight is 186 g/mol. The number of carbonyl (C=O) groups is 2. The lowest BCUT2D eigenvalue weighted by Crippen LogP contribution is -2.31. The largest absolute Gasteiger partial charge is 0.355 e. The topological polar surface area (TPSA) is 81.4 Å². The molecule has 0 aromatic heterocycles. The fraction of sp³-hybridized carbons (Fsp3) is 0.250. The van der Waals surface area contributed by atoms with Crippen LogP contribution in [-0.4, -0.2) is 12.0 Å². The van der Waals surface area contributed by atoms with Crippen molar-refractivity contribution in [3.05, 3.63) is 25.3 Å². The number of rotatable bonds is 2. The summed E-state index contributed by atoms with van der Waals surface area (Å²) in [6.07, 6.45) is 3.86. The van der Waals surface area contributed by atoms with Crippen LogP contribution in [0.2, 0.25) is 0 Å². The van der Waals surface area contributed by atoms with Gasteiger partial charge in [-0.1, -0.05) is 19.6 Å². The summed E-state index contributed by atoms with van der Waals surface area (Å²) < 4.78 is 0. The first-order valence-corrected chi connectivity index (χ1v) is 3.58. The smallest absolute Gasteiger partial charge is 0.349 e. The SMILES string of the molecule is C=CC(=O)ONC(N)=O.C=CCC. The Balaban J connectivity index is 0. The zero-order chi connectivity index (χ0) is 10.7. The molecule has 0 fully saturated rings. The van der Waals surface area contributed by atoms with Gasteiger partial charge < -0.3 is 10.6 Å². The van der Waals surface area contributed by atoms with Gasteiger partial charge in [-0.05, 0) is 6.42 Å². The summed E-state index contributed by atoms with van der Waals surface area (Å²) >= 11 is 0. The van der Waals surface area contributed by atoms with E-state index in [0.29, 0.717) is 0 Å². The fourth-order valence-corrected chi connectivity index (χ4v) is 0.142. The first-order chi connectivity index (χ1) is 6.08. The first kappa shape index (κ1) is 13.8. The molecule has 0 saturated heterocycles. The second-order valence-electron chi connectivity index (χ2n) is 1.79. The molecule has 2 amide bonds. The van der Waals surface area contributed by atoms with Gasteiger partial charge in [0.05, 0.1) is 0 Å². The van der Waals surface area contributed by atoms with Crippen LogP contribution >= 0.6 is 0 Å². The van der Waals surface area contributed by atoms with Crippen molar-refractivity contribution < 1.29 is 14.4 Å². The highest BCUT2D eigenvalue weighted by atomic mass is 16.7. The van der Waals surface area contributed by atoms with Crippen molar-refractivity contribution in [2.24, 2.45) is 5.73 Å². The molecule has 0 saturated carbocycles. The van der Waals surface area contributed by atoms with E-state index in [1.165, 1.54) is 0 Å². The van der Waals surface area contributed by atoms with Gasteiger partial charge in [0, 0.05) is 6.08 Å². The number of nitrogens with one attached hydrogen (secondary N) is 1. The molecule has 3 N–H and O–H groups in total. The van der Waals surface area contributed by atoms with Crippen LogP contribution in [-0.2, 0) is 9.63 Å². The summed E-state index contributed by atoms with van der Waals surface area (Å²) in [5.41, 5.74) is 6.15. The molecule has 5 nitrogen and oxygen atoms in total. The third-order valence-electron chi connectivity index (χ3n) is 0.708. The Labute approximate surface area is 77.2 Å². The Kier molecular flexibility index (Phi) is 10.8. The maximum Gasteiger partial charge on any atom is 0.355 e. The molecule has 0 radical (unpaired) electrons. The van der Waals surface area contributed by atoms with E-state index in [4.69, 9.17) is 0 Å². The molecular formula is C8H14N2O3. The number of nitrogens with two attached hydrogens (primary N) is 1. The molecule has 0 bridgehead atoms. The summed E-state index contributed by atoms with van der Waals surface area (Å²) in [5, 5.41) is 0. The number of amides is 2. The average Bonchev–Trinajstić information content (AvgIpc) is 2.14. The number of hydrogen-bond acceptors (Lipinski definition) is 3. The molecule has 0 aromatic carbocycles. The number of hydrogen-bond donors (Lipinski definition) is 2. The van der Waals surface area contributed by atoms with Crippen molar-refractivity contribution in [1.29, 1.82) is 0 Å². The van der Waals surface area contributed by atoms with E-state index in [2.05, 4.69) is 30.7 Å². The highest BCUT2D eigenvalue weighted by Crippen LogP contribution is 1.70. The normalized spacial score (nSPS) is 7.15. The highest BCUT2D eigenvalue weighted by Gasteiger charge is 1.95. The molecule has 0 aromatic rings. The van der Waals surface area contributed by atoms with Crippen molar-refractivity contribution in [2.75, 3.05) is 0 Å². The van der Waals surface area contributed by atoms with Crippen LogP contribution in [0.1, 0.15) is 13.3 Å². The van der Waals surface area contributed by atoms with Crippen molar-refractivity contribution in [1.82, 2.24) is 5.48 Å². The minimum Gasteiger partial charge on any atom is -0.349 e. The van der Waals surface area contributed by atoms with Gasteiger partial charge in [-0.25, -0.2) is 9.59 Å². The van der Waals surface area contributed by atoms with Gasteiger partial charge in [-0.2, -0.15) is 5.48 Å². The lowest BCUT2D eigenvalue weighted by molar-refractivity contribution is -0.142. The maximum atomic E-state index is 10.1. The van der Waals surface area contributed by atoms with Gasteiger partial charge in [0.1, 0.15) is 0 Å². The lowest BCUT2D eigenvalue weighted by atomic mass is 10.5. The van der Waals surface area contributed by atoms with Crippen molar-refractivity contribution in [2.45, 2.75) is 13.3 Å². The van der Waals surface area contributed by atoms with Crippen LogP contribution in [0.4, 0.5) is 4.79 Å². The minimum atomic E-state index is -0.926. The second-order valence-corrected chi connectivity index (χ2v) is 1.79. The van der Waals surface area contributed by atoms with Gasteiger partial charge in [0.25, 0.3) is 0 Å². The van der Waals surface area contributed by atoms with Crippen LogP contribution < -0.4 is 11.2 Å². The first-order valence-electron chi connectivity index (χ1n) is 3.58. The second kappa shape index (κ2) is 10.2. The lowest BCUT2D eigenvalue weighted by Gasteiger charge is -1.96. The van der Waals surface area contributed by atoms with Crippen LogP contribution in [0, 0.1) is 0 Å². The number of hydroxylamine groups is 1. The Morgan fingerprint density at radius 2 is 2.00 bits per heavy atom. The molecular weight excluding hydrogens is 172 g/mol. The van der Waals surface area contributed by atoms with E-state index >= 15 is 0 Å². The molecule has 0 aliphatic rings. The molecule has 13 heavy (non-hydrogen) atoms. The molecule has 5 heteroatoms. The Bertz CT molecular complexity index is 190. The zero-order valence-corrected chi connectivity index (χ0v) is 7.58. The van der Waals surface area contributed by atoms with E-state index in [9.17, 15) is 9.59 Å². The Hall–Kier alpha value is -1.78. The quantitative estimate of drug-likeness (QED) is 0.381. The molecule has 74 valence electrons. The third kappa shape index (κ3) is 17.8. The predicted octanol–water partition coefficient (Wildman–Crippen LogP) is 0.881. The van der Waals surface area contributed by atoms with Crippen LogP contribution in [0.5, 0.6) is 0 Å². The van der Waals surface area contributed by atoms with Crippen molar-refractivity contribution >= 4 is 12.0 Å². The monoisotopic (exact) mass is 186 g/mol. The highest BCUT2D eigenvalue weighted by molar-refractivity contribution is 5.82. The fourth-order valence-electron chi connectivity index (χ4n) is 0.142. The minimum absolute atomic E-state index is 0.756. The summed E-state index contributed by atoms with van der Waals surface area (Å²) in [4.78, 5) is 23.9. The molecule has 0 aliphatic heterocycles. The van der Waals surface area contributed by atoms with Gasteiger partial charge in [-0.3, -0.25) is 0 Å². The standard InChI is InChI=1S/C4H6N2O3.C4H8/c1-2-3(7)9-6-4(5)8;1-3-4-2/h2H,1H2,(H3,5,6,8);3H,1,4H2,2H3. The number of primary amides is 1. The molecule has 0 unspecified atom stereocenters. The Morgan fingerprint density at radius 3 is 2.23 bits per heavy atom. The third-order valence-corrected chi connectivity index (χ3v) is 0.708. The number of urea groups is 1. The van der Waals surface area contributed by atoms with Gasteiger partial charge in [0.2, 0.25) is 0 Å². The van der Waals surface area contributed by atoms with Crippen LogP contribution in [0.3, 0.4) is 0 Å². The zero-order valence-electron chi connectivity index (χ0n) is 7.58. The molecule has 0 spiro atoms. The summed E-state index contributed by atoms with van der Waals surface area (Å²) in [6.45, 7) is 8.61. The number of allylic oxidation sites excluding steroid dienone is 1. The molecule has 0 rings (SSSR count). The van der Waals surface area contributed by atoms with Gasteiger partial charge in [0.15, 0.2) is 0 Å². The molecule has 0 aliphatic carbocycles. The predicted molar refractivity (Wildman–Crippen MR) is 49.5 cm³/mol. The Morgan fingerprint density at radius 1 is 1.54 bits per heavy atom. The molecule has 0 atom stereocenters. The van der Waals surface area contributed by atoms with Gasteiger partial charge in [-0.15, -0.1) is 6.58 Å².